The molecular weight excluding hydrogens is 368 g/mol. The Labute approximate surface area is 153 Å². The average molecular weight is 384 g/mol. The van der Waals surface area contributed by atoms with Crippen LogP contribution in [-0.4, -0.2) is 25.1 Å². The number of esters is 1. The van der Waals surface area contributed by atoms with E-state index in [0.717, 1.165) is 12.1 Å². The van der Waals surface area contributed by atoms with E-state index in [1.54, 1.807) is 24.3 Å². The molecule has 2 aromatic carbocycles. The lowest BCUT2D eigenvalue weighted by molar-refractivity contribution is -0.150. The maximum absolute atomic E-state index is 13.7. The second-order valence-corrected chi connectivity index (χ2v) is 5.74. The van der Waals surface area contributed by atoms with Crippen molar-refractivity contribution < 1.29 is 27.8 Å². The van der Waals surface area contributed by atoms with Crippen molar-refractivity contribution in [2.24, 2.45) is 0 Å². The molecule has 0 bridgehead atoms. The Hall–Kier alpha value is -2.67. The van der Waals surface area contributed by atoms with Crippen LogP contribution in [0.1, 0.15) is 18.5 Å². The van der Waals surface area contributed by atoms with Gasteiger partial charge >= 0.3 is 5.97 Å². The molecule has 0 fully saturated rings. The van der Waals surface area contributed by atoms with Crippen molar-refractivity contribution >= 4 is 23.5 Å². The number of nitrogens with one attached hydrogen (secondary N) is 1. The summed E-state index contributed by atoms with van der Waals surface area (Å²) in [6.07, 6.45) is 0. The highest BCUT2D eigenvalue weighted by Gasteiger charge is 2.16. The third kappa shape index (κ3) is 5.70. The number of halogens is 3. The molecule has 0 unspecified atom stereocenters. The first-order chi connectivity index (χ1) is 12.4. The molecule has 0 aliphatic carbocycles. The highest BCUT2D eigenvalue weighted by Crippen LogP contribution is 2.23. The summed E-state index contributed by atoms with van der Waals surface area (Å²) in [6, 6.07) is 8.92. The van der Waals surface area contributed by atoms with Crippen molar-refractivity contribution in [3.63, 3.8) is 0 Å². The van der Waals surface area contributed by atoms with Gasteiger partial charge in [0, 0.05) is 11.6 Å². The fourth-order valence-electron chi connectivity index (χ4n) is 2.10. The van der Waals surface area contributed by atoms with E-state index >= 15 is 0 Å². The number of benzene rings is 2. The molecule has 0 aliphatic rings. The minimum Gasteiger partial charge on any atom is -0.480 e. The highest BCUT2D eigenvalue weighted by molar-refractivity contribution is 6.32. The summed E-state index contributed by atoms with van der Waals surface area (Å²) in [5, 5.41) is 2.80. The quantitative estimate of drug-likeness (QED) is 0.744. The largest absolute Gasteiger partial charge is 0.480 e. The van der Waals surface area contributed by atoms with Crippen LogP contribution < -0.4 is 10.1 Å². The molecule has 0 saturated carbocycles. The second kappa shape index (κ2) is 9.15. The van der Waals surface area contributed by atoms with Crippen LogP contribution in [0.15, 0.2) is 42.5 Å². The number of para-hydroxylation sites is 1. The average Bonchev–Trinajstić information content (AvgIpc) is 2.59. The molecule has 5 nitrogen and oxygen atoms in total. The molecule has 0 radical (unpaired) electrons. The van der Waals surface area contributed by atoms with Gasteiger partial charge < -0.3 is 14.8 Å². The third-order valence-corrected chi connectivity index (χ3v) is 3.67. The lowest BCUT2D eigenvalue weighted by atomic mass is 10.1. The van der Waals surface area contributed by atoms with Crippen molar-refractivity contribution in [1.82, 2.24) is 5.32 Å². The van der Waals surface area contributed by atoms with Gasteiger partial charge in [-0.1, -0.05) is 29.8 Å². The number of hydrogen-bond donors (Lipinski definition) is 1. The fourth-order valence-corrected chi connectivity index (χ4v) is 2.29. The predicted molar refractivity (Wildman–Crippen MR) is 90.8 cm³/mol. The van der Waals surface area contributed by atoms with E-state index in [9.17, 15) is 18.4 Å². The van der Waals surface area contributed by atoms with E-state index in [2.05, 4.69) is 5.32 Å². The van der Waals surface area contributed by atoms with E-state index < -0.39 is 42.8 Å². The molecule has 0 aromatic heterocycles. The van der Waals surface area contributed by atoms with Gasteiger partial charge in [-0.05, 0) is 25.1 Å². The van der Waals surface area contributed by atoms with Crippen LogP contribution in [0, 0.1) is 11.6 Å². The Morgan fingerprint density at radius 1 is 1.15 bits per heavy atom. The van der Waals surface area contributed by atoms with Crippen LogP contribution in [0.4, 0.5) is 8.78 Å². The van der Waals surface area contributed by atoms with E-state index in [1.165, 1.54) is 13.0 Å². The summed E-state index contributed by atoms with van der Waals surface area (Å²) in [5.41, 5.74) is 0.119. The molecule has 8 heteroatoms. The van der Waals surface area contributed by atoms with Crippen LogP contribution in [0.25, 0.3) is 0 Å². The van der Waals surface area contributed by atoms with Gasteiger partial charge in [0.15, 0.2) is 13.2 Å². The van der Waals surface area contributed by atoms with Gasteiger partial charge in [-0.15, -0.1) is 0 Å². The summed E-state index contributed by atoms with van der Waals surface area (Å²) in [5.74, 6) is -2.57. The molecule has 0 heterocycles. The first kappa shape index (κ1) is 19.7. The van der Waals surface area contributed by atoms with Crippen LogP contribution >= 0.6 is 11.6 Å². The topological polar surface area (TPSA) is 64.6 Å². The Morgan fingerprint density at radius 2 is 1.88 bits per heavy atom. The van der Waals surface area contributed by atoms with Crippen molar-refractivity contribution in [1.29, 1.82) is 0 Å². The zero-order valence-corrected chi connectivity index (χ0v) is 14.6. The third-order valence-electron chi connectivity index (χ3n) is 3.35. The lowest BCUT2D eigenvalue weighted by Gasteiger charge is -2.15. The zero-order valence-electron chi connectivity index (χ0n) is 13.8. The summed E-state index contributed by atoms with van der Waals surface area (Å²) in [6.45, 7) is 0.549. The van der Waals surface area contributed by atoms with Gasteiger partial charge in [0.25, 0.3) is 5.91 Å². The SMILES string of the molecule is C[C@H](NC(=O)COC(=O)COc1ccccc1Cl)c1ccc(F)cc1F. The monoisotopic (exact) mass is 383 g/mol. The predicted octanol–water partition coefficient (Wildman–Crippen LogP) is 3.42. The van der Waals surface area contributed by atoms with Gasteiger partial charge in [0.1, 0.15) is 17.4 Å². The summed E-state index contributed by atoms with van der Waals surface area (Å²) in [4.78, 5) is 23.4. The second-order valence-electron chi connectivity index (χ2n) is 5.33. The smallest absolute Gasteiger partial charge is 0.344 e. The maximum Gasteiger partial charge on any atom is 0.344 e. The molecule has 138 valence electrons. The van der Waals surface area contributed by atoms with Gasteiger partial charge in [-0.3, -0.25) is 4.79 Å². The first-order valence-corrected chi connectivity index (χ1v) is 8.02. The van der Waals surface area contributed by atoms with Crippen molar-refractivity contribution in [3.05, 3.63) is 64.7 Å². The number of rotatable bonds is 7. The molecule has 26 heavy (non-hydrogen) atoms. The van der Waals surface area contributed by atoms with Gasteiger partial charge in [-0.2, -0.15) is 0 Å². The Bertz CT molecular complexity index is 801. The van der Waals surface area contributed by atoms with Gasteiger partial charge in [0.05, 0.1) is 11.1 Å². The minimum absolute atomic E-state index is 0.119. The molecule has 1 amide bonds. The summed E-state index contributed by atoms with van der Waals surface area (Å²) < 4.78 is 36.5. The van der Waals surface area contributed by atoms with Crippen LogP contribution in [0.2, 0.25) is 5.02 Å². The van der Waals surface area contributed by atoms with E-state index in [1.807, 2.05) is 0 Å². The summed E-state index contributed by atoms with van der Waals surface area (Å²) in [7, 11) is 0. The zero-order chi connectivity index (χ0) is 19.1. The number of hydrogen-bond acceptors (Lipinski definition) is 4. The molecule has 1 N–H and O–H groups in total. The van der Waals surface area contributed by atoms with E-state index in [-0.39, 0.29) is 5.56 Å². The Morgan fingerprint density at radius 3 is 2.58 bits per heavy atom. The molecule has 0 aliphatic heterocycles. The number of ether oxygens (including phenoxy) is 2. The Balaban J connectivity index is 1.77. The van der Waals surface area contributed by atoms with E-state index in [4.69, 9.17) is 21.1 Å². The number of carbonyl (C=O) groups excluding carboxylic acids is 2. The van der Waals surface area contributed by atoms with Gasteiger partial charge in [0.2, 0.25) is 0 Å². The minimum atomic E-state index is -0.775. The summed E-state index contributed by atoms with van der Waals surface area (Å²) >= 11 is 5.88. The van der Waals surface area contributed by atoms with Crippen LogP contribution in [0.5, 0.6) is 5.75 Å². The molecule has 2 aromatic rings. The van der Waals surface area contributed by atoms with Crippen molar-refractivity contribution in [2.75, 3.05) is 13.2 Å². The number of carbonyl (C=O) groups is 2. The maximum atomic E-state index is 13.7. The Kier molecular flexibility index (Phi) is 6.91. The van der Waals surface area contributed by atoms with E-state index in [0.29, 0.717) is 10.8 Å². The standard InChI is InChI=1S/C18H16ClF2NO4/c1-11(13-7-6-12(20)8-15(13)21)22-17(23)9-26-18(24)10-25-16-5-3-2-4-14(16)19/h2-8,11H,9-10H2,1H3,(H,22,23)/t11-/m0/s1. The first-order valence-electron chi connectivity index (χ1n) is 7.64. The molecule has 2 rings (SSSR count). The van der Waals surface area contributed by atoms with Crippen molar-refractivity contribution in [3.8, 4) is 5.75 Å². The van der Waals surface area contributed by atoms with Crippen LogP contribution in [0.3, 0.4) is 0 Å². The molecule has 1 atom stereocenters. The van der Waals surface area contributed by atoms with Crippen LogP contribution in [-0.2, 0) is 14.3 Å². The van der Waals surface area contributed by atoms with Crippen molar-refractivity contribution in [2.45, 2.75) is 13.0 Å². The molecule has 0 spiro atoms. The fraction of sp³-hybridized carbons (Fsp3) is 0.222. The lowest BCUT2D eigenvalue weighted by Crippen LogP contribution is -2.32. The molecule has 0 saturated heterocycles. The normalized spacial score (nSPS) is 11.5. The van der Waals surface area contributed by atoms with Gasteiger partial charge in [-0.25, -0.2) is 13.6 Å². The highest BCUT2D eigenvalue weighted by atomic mass is 35.5. The number of amides is 1. The molecular formula is C18H16ClF2NO4.